The Labute approximate surface area is 122 Å². The summed E-state index contributed by atoms with van der Waals surface area (Å²) in [7, 11) is -5.15. The number of amides is 1. The molecule has 2 rings (SSSR count). The number of carbonyl (C=O) groups is 1. The second-order valence-electron chi connectivity index (χ2n) is 4.83. The first kappa shape index (κ1) is 15.6. The van der Waals surface area contributed by atoms with Gasteiger partial charge in [-0.15, -0.1) is 0 Å². The molecule has 1 fully saturated rings. The summed E-state index contributed by atoms with van der Waals surface area (Å²) in [5.41, 5.74) is 0.122. The molecule has 2 unspecified atom stereocenters. The number of pyridine rings is 1. The zero-order valence-electron chi connectivity index (χ0n) is 11.5. The number of morpholine rings is 1. The number of aromatic nitrogens is 1. The van der Waals surface area contributed by atoms with Gasteiger partial charge in [-0.05, 0) is 19.9 Å². The van der Waals surface area contributed by atoms with Gasteiger partial charge in [0.1, 0.15) is 0 Å². The molecule has 0 N–H and O–H groups in total. The van der Waals surface area contributed by atoms with E-state index in [9.17, 15) is 17.1 Å². The number of hydrogen-bond donors (Lipinski definition) is 0. The molecular formula is C12H15FN2O5S. The lowest BCUT2D eigenvalue weighted by Crippen LogP contribution is -2.52. The Morgan fingerprint density at radius 2 is 2.00 bits per heavy atom. The molecule has 1 aromatic heterocycles. The van der Waals surface area contributed by atoms with Gasteiger partial charge in [0.25, 0.3) is 5.91 Å². The average molecular weight is 318 g/mol. The summed E-state index contributed by atoms with van der Waals surface area (Å²) < 4.78 is 42.8. The van der Waals surface area contributed by atoms with Gasteiger partial charge in [0.15, 0.2) is 5.75 Å². The lowest BCUT2D eigenvalue weighted by molar-refractivity contribution is -0.0249. The highest BCUT2D eigenvalue weighted by molar-refractivity contribution is 7.81. The highest BCUT2D eigenvalue weighted by atomic mass is 32.3. The van der Waals surface area contributed by atoms with Crippen molar-refractivity contribution in [3.8, 4) is 5.75 Å². The minimum atomic E-state index is -5.15. The Bertz CT molecular complexity index is 626. The molecule has 0 spiro atoms. The lowest BCUT2D eigenvalue weighted by atomic mass is 10.1. The fourth-order valence-corrected chi connectivity index (χ4v) is 2.57. The van der Waals surface area contributed by atoms with Crippen molar-refractivity contribution in [1.29, 1.82) is 0 Å². The van der Waals surface area contributed by atoms with Crippen LogP contribution in [0.4, 0.5) is 3.89 Å². The molecule has 21 heavy (non-hydrogen) atoms. The van der Waals surface area contributed by atoms with Crippen LogP contribution in [-0.4, -0.2) is 49.5 Å². The Morgan fingerprint density at radius 3 is 2.57 bits per heavy atom. The van der Waals surface area contributed by atoms with E-state index in [0.29, 0.717) is 13.2 Å². The predicted octanol–water partition coefficient (Wildman–Crippen LogP) is 0.924. The average Bonchev–Trinajstić information content (AvgIpc) is 2.36. The first-order valence-electron chi connectivity index (χ1n) is 6.27. The van der Waals surface area contributed by atoms with E-state index in [1.165, 1.54) is 6.20 Å². The van der Waals surface area contributed by atoms with Gasteiger partial charge < -0.3 is 13.8 Å². The van der Waals surface area contributed by atoms with Gasteiger partial charge >= 0.3 is 10.5 Å². The zero-order chi connectivity index (χ0) is 15.6. The normalized spacial score (nSPS) is 22.9. The minimum Gasteiger partial charge on any atom is -0.377 e. The largest absolute Gasteiger partial charge is 0.488 e. The third-order valence-electron chi connectivity index (χ3n) is 3.06. The topological polar surface area (TPSA) is 85.8 Å². The Balaban J connectivity index is 2.24. The van der Waals surface area contributed by atoms with Crippen molar-refractivity contribution < 1.29 is 26.0 Å². The van der Waals surface area contributed by atoms with E-state index in [-0.39, 0.29) is 29.3 Å². The maximum absolute atomic E-state index is 12.5. The summed E-state index contributed by atoms with van der Waals surface area (Å²) in [6.45, 7) is 4.51. The van der Waals surface area contributed by atoms with Gasteiger partial charge in [0.2, 0.25) is 0 Å². The highest BCUT2D eigenvalue weighted by Crippen LogP contribution is 2.20. The van der Waals surface area contributed by atoms with Crippen LogP contribution in [0.2, 0.25) is 0 Å². The first-order valence-corrected chi connectivity index (χ1v) is 7.58. The highest BCUT2D eigenvalue weighted by Gasteiger charge is 2.30. The lowest BCUT2D eigenvalue weighted by Gasteiger charge is -2.38. The van der Waals surface area contributed by atoms with Gasteiger partial charge in [-0.1, -0.05) is 3.89 Å². The smallest absolute Gasteiger partial charge is 0.377 e. The third-order valence-corrected chi connectivity index (χ3v) is 3.45. The minimum absolute atomic E-state index is 0.122. The number of ether oxygens (including phenoxy) is 1. The van der Waals surface area contributed by atoms with Crippen LogP contribution in [-0.2, 0) is 15.2 Å². The van der Waals surface area contributed by atoms with Crippen molar-refractivity contribution >= 4 is 16.4 Å². The number of carbonyl (C=O) groups excluding carboxylic acids is 1. The van der Waals surface area contributed by atoms with Crippen molar-refractivity contribution in [3.05, 3.63) is 24.0 Å². The van der Waals surface area contributed by atoms with E-state index in [1.807, 2.05) is 13.8 Å². The van der Waals surface area contributed by atoms with Crippen molar-refractivity contribution in [2.24, 2.45) is 0 Å². The van der Waals surface area contributed by atoms with Crippen LogP contribution in [0.5, 0.6) is 5.75 Å². The standard InChI is InChI=1S/C12H15FN2O5S/c1-8-6-19-7-9(2)15(8)12(16)10-3-11(5-14-4-10)20-21(13,17)18/h3-5,8-9H,6-7H2,1-2H3. The molecule has 0 radical (unpaired) electrons. The maximum atomic E-state index is 12.5. The molecule has 1 amide bonds. The summed E-state index contributed by atoms with van der Waals surface area (Å²) in [5, 5.41) is 0. The number of nitrogens with zero attached hydrogens (tertiary/aromatic N) is 2. The van der Waals surface area contributed by atoms with E-state index in [0.717, 1.165) is 12.3 Å². The van der Waals surface area contributed by atoms with Crippen LogP contribution < -0.4 is 4.18 Å². The summed E-state index contributed by atoms with van der Waals surface area (Å²) in [6.07, 6.45) is 2.29. The number of rotatable bonds is 3. The maximum Gasteiger partial charge on any atom is 0.488 e. The number of hydrogen-bond acceptors (Lipinski definition) is 6. The number of halogens is 1. The zero-order valence-corrected chi connectivity index (χ0v) is 12.3. The van der Waals surface area contributed by atoms with Gasteiger partial charge in [0, 0.05) is 6.20 Å². The molecule has 1 aromatic rings. The molecule has 0 bridgehead atoms. The Kier molecular flexibility index (Phi) is 4.43. The van der Waals surface area contributed by atoms with Crippen molar-refractivity contribution in [1.82, 2.24) is 9.88 Å². The predicted molar refractivity (Wildman–Crippen MR) is 70.8 cm³/mol. The van der Waals surface area contributed by atoms with Crippen molar-refractivity contribution in [2.75, 3.05) is 13.2 Å². The Morgan fingerprint density at radius 1 is 1.38 bits per heavy atom. The van der Waals surface area contributed by atoms with Gasteiger partial charge in [0.05, 0.1) is 37.1 Å². The molecule has 116 valence electrons. The van der Waals surface area contributed by atoms with Crippen molar-refractivity contribution in [2.45, 2.75) is 25.9 Å². The van der Waals surface area contributed by atoms with Crippen LogP contribution in [0.3, 0.4) is 0 Å². The molecule has 1 saturated heterocycles. The molecular weight excluding hydrogens is 303 g/mol. The molecule has 2 heterocycles. The van der Waals surface area contributed by atoms with Crippen molar-refractivity contribution in [3.63, 3.8) is 0 Å². The van der Waals surface area contributed by atoms with Gasteiger partial charge in [-0.3, -0.25) is 9.78 Å². The summed E-state index contributed by atoms with van der Waals surface area (Å²) >= 11 is 0. The molecule has 0 saturated carbocycles. The fourth-order valence-electron chi connectivity index (χ4n) is 2.25. The van der Waals surface area contributed by atoms with E-state index >= 15 is 0 Å². The third kappa shape index (κ3) is 3.88. The summed E-state index contributed by atoms with van der Waals surface area (Å²) in [5.74, 6) is -0.690. The van der Waals surface area contributed by atoms with E-state index in [2.05, 4.69) is 9.17 Å². The molecule has 7 nitrogen and oxygen atoms in total. The van der Waals surface area contributed by atoms with Gasteiger partial charge in [-0.25, -0.2) is 0 Å². The van der Waals surface area contributed by atoms with Crippen LogP contribution in [0.25, 0.3) is 0 Å². The van der Waals surface area contributed by atoms with E-state index < -0.39 is 10.5 Å². The van der Waals surface area contributed by atoms with Crippen LogP contribution in [0, 0.1) is 0 Å². The fraction of sp³-hybridized carbons (Fsp3) is 0.500. The SMILES string of the molecule is CC1COCC(C)N1C(=O)c1cncc(OS(=O)(=O)F)c1. The second kappa shape index (κ2) is 5.94. The van der Waals surface area contributed by atoms with Crippen LogP contribution >= 0.6 is 0 Å². The second-order valence-corrected chi connectivity index (χ2v) is 5.79. The van der Waals surface area contributed by atoms with Gasteiger partial charge in [-0.2, -0.15) is 8.42 Å². The first-order chi connectivity index (χ1) is 9.78. The van der Waals surface area contributed by atoms with Crippen LogP contribution in [0.1, 0.15) is 24.2 Å². The molecule has 1 aliphatic rings. The monoisotopic (exact) mass is 318 g/mol. The summed E-state index contributed by atoms with van der Waals surface area (Å²) in [6, 6.07) is 0.882. The summed E-state index contributed by atoms with van der Waals surface area (Å²) in [4.78, 5) is 17.8. The molecule has 2 atom stereocenters. The van der Waals surface area contributed by atoms with Crippen LogP contribution in [0.15, 0.2) is 18.5 Å². The molecule has 1 aliphatic heterocycles. The quantitative estimate of drug-likeness (QED) is 0.771. The Hall–Kier alpha value is -1.74. The van der Waals surface area contributed by atoms with E-state index in [1.54, 1.807) is 4.90 Å². The molecule has 0 aliphatic carbocycles. The van der Waals surface area contributed by atoms with E-state index in [4.69, 9.17) is 4.74 Å². The molecule has 9 heteroatoms. The molecule has 0 aromatic carbocycles.